The summed E-state index contributed by atoms with van der Waals surface area (Å²) in [6.07, 6.45) is 1.64. The summed E-state index contributed by atoms with van der Waals surface area (Å²) in [5.74, 6) is -1.63. The fourth-order valence-electron chi connectivity index (χ4n) is 2.09. The standard InChI is InChI=1S/C14H13FN2O3/c1-6-4-10-8(5-9(6)15)11(12(20-10)13(16)18)17-14(19)7-2-3-7/h4-5,7H,2-3H2,1H3,(H2,16,18)(H,17,19). The Morgan fingerprint density at radius 3 is 2.70 bits per heavy atom. The van der Waals surface area contributed by atoms with E-state index >= 15 is 0 Å². The van der Waals surface area contributed by atoms with Gasteiger partial charge in [-0.25, -0.2) is 4.39 Å². The number of nitrogens with one attached hydrogen (secondary N) is 1. The fourth-order valence-corrected chi connectivity index (χ4v) is 2.09. The van der Waals surface area contributed by atoms with Crippen LogP contribution in [-0.4, -0.2) is 11.8 Å². The molecule has 104 valence electrons. The molecule has 2 amide bonds. The molecule has 1 aromatic heterocycles. The first-order chi connectivity index (χ1) is 9.47. The molecule has 6 heteroatoms. The number of halogens is 1. The lowest BCUT2D eigenvalue weighted by Crippen LogP contribution is -2.17. The molecule has 1 aliphatic carbocycles. The van der Waals surface area contributed by atoms with E-state index in [0.717, 1.165) is 12.8 Å². The minimum atomic E-state index is -0.801. The molecule has 20 heavy (non-hydrogen) atoms. The number of primary amides is 1. The van der Waals surface area contributed by atoms with E-state index < -0.39 is 11.7 Å². The minimum Gasteiger partial charge on any atom is -0.449 e. The van der Waals surface area contributed by atoms with Crippen LogP contribution in [0.3, 0.4) is 0 Å². The van der Waals surface area contributed by atoms with Crippen LogP contribution in [0.2, 0.25) is 0 Å². The van der Waals surface area contributed by atoms with E-state index in [4.69, 9.17) is 10.2 Å². The van der Waals surface area contributed by atoms with Crippen LogP contribution in [0.15, 0.2) is 16.5 Å². The average molecular weight is 276 g/mol. The smallest absolute Gasteiger partial charge is 0.286 e. The van der Waals surface area contributed by atoms with Gasteiger partial charge in [0.2, 0.25) is 11.7 Å². The predicted molar refractivity (Wildman–Crippen MR) is 70.8 cm³/mol. The minimum absolute atomic E-state index is 0.0454. The lowest BCUT2D eigenvalue weighted by molar-refractivity contribution is -0.117. The third-order valence-corrected chi connectivity index (χ3v) is 3.39. The molecule has 0 saturated heterocycles. The molecule has 2 aromatic rings. The summed E-state index contributed by atoms with van der Waals surface area (Å²) in [6, 6.07) is 2.72. The Labute approximate surface area is 113 Å². The van der Waals surface area contributed by atoms with E-state index in [1.807, 2.05) is 0 Å². The average Bonchev–Trinajstić information content (AvgIpc) is 3.17. The second-order valence-corrected chi connectivity index (χ2v) is 5.03. The highest BCUT2D eigenvalue weighted by molar-refractivity contribution is 6.11. The summed E-state index contributed by atoms with van der Waals surface area (Å²) in [5.41, 5.74) is 6.11. The van der Waals surface area contributed by atoms with Crippen molar-refractivity contribution >= 4 is 28.5 Å². The molecule has 0 aliphatic heterocycles. The van der Waals surface area contributed by atoms with Gasteiger partial charge in [-0.15, -0.1) is 0 Å². The number of rotatable bonds is 3. The van der Waals surface area contributed by atoms with E-state index in [1.165, 1.54) is 12.1 Å². The van der Waals surface area contributed by atoms with Gasteiger partial charge in [0.25, 0.3) is 5.91 Å². The Morgan fingerprint density at radius 2 is 2.10 bits per heavy atom. The monoisotopic (exact) mass is 276 g/mol. The normalized spacial score (nSPS) is 14.5. The van der Waals surface area contributed by atoms with Crippen LogP contribution in [0, 0.1) is 18.7 Å². The number of nitrogens with two attached hydrogens (primary N) is 1. The molecule has 0 radical (unpaired) electrons. The van der Waals surface area contributed by atoms with E-state index in [9.17, 15) is 14.0 Å². The highest BCUT2D eigenvalue weighted by Gasteiger charge is 2.31. The van der Waals surface area contributed by atoms with Gasteiger partial charge in [0.1, 0.15) is 17.1 Å². The molecular formula is C14H13FN2O3. The van der Waals surface area contributed by atoms with Gasteiger partial charge in [-0.2, -0.15) is 0 Å². The quantitative estimate of drug-likeness (QED) is 0.902. The van der Waals surface area contributed by atoms with Crippen molar-refractivity contribution in [3.05, 3.63) is 29.3 Å². The van der Waals surface area contributed by atoms with Crippen molar-refractivity contribution in [2.45, 2.75) is 19.8 Å². The molecule has 0 atom stereocenters. The van der Waals surface area contributed by atoms with Gasteiger partial charge in [-0.3, -0.25) is 9.59 Å². The Bertz CT molecular complexity index is 732. The van der Waals surface area contributed by atoms with Gasteiger partial charge in [-0.1, -0.05) is 0 Å². The number of amides is 2. The van der Waals surface area contributed by atoms with E-state index in [0.29, 0.717) is 16.5 Å². The van der Waals surface area contributed by atoms with Crippen LogP contribution in [0.4, 0.5) is 10.1 Å². The Hall–Kier alpha value is -2.37. The number of aryl methyl sites for hydroxylation is 1. The summed E-state index contributed by atoms with van der Waals surface area (Å²) in [5, 5.41) is 2.97. The number of hydrogen-bond acceptors (Lipinski definition) is 3. The first-order valence-corrected chi connectivity index (χ1v) is 6.30. The molecule has 0 unspecified atom stereocenters. The molecule has 1 fully saturated rings. The van der Waals surface area contributed by atoms with Gasteiger partial charge in [0, 0.05) is 11.3 Å². The molecule has 1 saturated carbocycles. The van der Waals surface area contributed by atoms with Crippen LogP contribution < -0.4 is 11.1 Å². The zero-order chi connectivity index (χ0) is 14.4. The molecule has 5 nitrogen and oxygen atoms in total. The van der Waals surface area contributed by atoms with Crippen LogP contribution >= 0.6 is 0 Å². The lowest BCUT2D eigenvalue weighted by Gasteiger charge is -2.03. The number of fused-ring (bicyclic) bond motifs is 1. The Balaban J connectivity index is 2.14. The molecule has 1 aliphatic rings. The fraction of sp³-hybridized carbons (Fsp3) is 0.286. The maximum Gasteiger partial charge on any atom is 0.286 e. The zero-order valence-electron chi connectivity index (χ0n) is 10.8. The second kappa shape index (κ2) is 4.33. The molecule has 1 aromatic carbocycles. The summed E-state index contributed by atoms with van der Waals surface area (Å²) in [6.45, 7) is 1.59. The topological polar surface area (TPSA) is 85.3 Å². The number of hydrogen-bond donors (Lipinski definition) is 2. The highest BCUT2D eigenvalue weighted by Crippen LogP contribution is 2.35. The van der Waals surface area contributed by atoms with Gasteiger partial charge in [-0.05, 0) is 37.5 Å². The molecule has 3 N–H and O–H groups in total. The largest absolute Gasteiger partial charge is 0.449 e. The number of carbonyl (C=O) groups is 2. The van der Waals surface area contributed by atoms with Gasteiger partial charge >= 0.3 is 0 Å². The third kappa shape index (κ3) is 2.03. The van der Waals surface area contributed by atoms with E-state index in [-0.39, 0.29) is 23.3 Å². The molecule has 0 bridgehead atoms. The van der Waals surface area contributed by atoms with Crippen molar-refractivity contribution in [3.8, 4) is 0 Å². The SMILES string of the molecule is Cc1cc2oc(C(N)=O)c(NC(=O)C3CC3)c2cc1F. The molecule has 0 spiro atoms. The number of furan rings is 1. The van der Waals surface area contributed by atoms with Gasteiger partial charge < -0.3 is 15.5 Å². The first-order valence-electron chi connectivity index (χ1n) is 6.30. The van der Waals surface area contributed by atoms with Crippen molar-refractivity contribution < 1.29 is 18.4 Å². The number of anilines is 1. The molecule has 3 rings (SSSR count). The molecular weight excluding hydrogens is 263 g/mol. The highest BCUT2D eigenvalue weighted by atomic mass is 19.1. The molecule has 1 heterocycles. The first kappa shape index (κ1) is 12.7. The Kier molecular flexibility index (Phi) is 2.74. The van der Waals surface area contributed by atoms with E-state index in [1.54, 1.807) is 6.92 Å². The summed E-state index contributed by atoms with van der Waals surface area (Å²) < 4.78 is 19.0. The summed E-state index contributed by atoms with van der Waals surface area (Å²) in [4.78, 5) is 23.3. The van der Waals surface area contributed by atoms with Crippen molar-refractivity contribution in [2.75, 3.05) is 5.32 Å². The number of carbonyl (C=O) groups excluding carboxylic acids is 2. The van der Waals surface area contributed by atoms with E-state index in [2.05, 4.69) is 5.32 Å². The van der Waals surface area contributed by atoms with Crippen LogP contribution in [0.25, 0.3) is 11.0 Å². The zero-order valence-corrected chi connectivity index (χ0v) is 10.8. The summed E-state index contributed by atoms with van der Waals surface area (Å²) in [7, 11) is 0. The third-order valence-electron chi connectivity index (χ3n) is 3.39. The summed E-state index contributed by atoms with van der Waals surface area (Å²) >= 11 is 0. The van der Waals surface area contributed by atoms with Gasteiger partial charge in [0.05, 0.1) is 0 Å². The van der Waals surface area contributed by atoms with Gasteiger partial charge in [0.15, 0.2) is 0 Å². The predicted octanol–water partition coefficient (Wildman–Crippen LogP) is 2.33. The van der Waals surface area contributed by atoms with Crippen molar-refractivity contribution in [1.29, 1.82) is 0 Å². The maximum atomic E-state index is 13.7. The van der Waals surface area contributed by atoms with Crippen molar-refractivity contribution in [1.82, 2.24) is 0 Å². The lowest BCUT2D eigenvalue weighted by atomic mass is 10.1. The van der Waals surface area contributed by atoms with Crippen LogP contribution in [-0.2, 0) is 4.79 Å². The maximum absolute atomic E-state index is 13.7. The van der Waals surface area contributed by atoms with Crippen LogP contribution in [0.5, 0.6) is 0 Å². The van der Waals surface area contributed by atoms with Crippen LogP contribution in [0.1, 0.15) is 29.0 Å². The van der Waals surface area contributed by atoms with Crippen molar-refractivity contribution in [3.63, 3.8) is 0 Å². The second-order valence-electron chi connectivity index (χ2n) is 5.03. The number of benzene rings is 1. The Morgan fingerprint density at radius 1 is 1.40 bits per heavy atom. The van der Waals surface area contributed by atoms with Crippen molar-refractivity contribution in [2.24, 2.45) is 11.7 Å².